The van der Waals surface area contributed by atoms with Crippen molar-refractivity contribution in [3.8, 4) is 5.75 Å². The van der Waals surface area contributed by atoms with Crippen molar-refractivity contribution in [2.24, 2.45) is 16.7 Å². The highest BCUT2D eigenvalue weighted by Gasteiger charge is 2.66. The fourth-order valence-corrected chi connectivity index (χ4v) is 3.53. The van der Waals surface area contributed by atoms with Gasteiger partial charge in [0, 0.05) is 11.7 Å². The SMILES string of the molecule is COc1ccc(NC(C)C2C(C)(C)C2(C)C)cc1.Cl. The molecule has 0 amide bonds. The number of hydrogen-bond donors (Lipinski definition) is 1. The third-order valence-corrected chi connectivity index (χ3v) is 5.12. The van der Waals surface area contributed by atoms with Crippen LogP contribution < -0.4 is 10.1 Å². The molecule has 1 atom stereocenters. The molecule has 1 aromatic rings. The van der Waals surface area contributed by atoms with Gasteiger partial charge in [0.15, 0.2) is 0 Å². The first kappa shape index (κ1) is 16.2. The zero-order valence-electron chi connectivity index (χ0n) is 12.8. The van der Waals surface area contributed by atoms with E-state index in [2.05, 4.69) is 52.1 Å². The van der Waals surface area contributed by atoms with Crippen LogP contribution in [0.5, 0.6) is 5.75 Å². The summed E-state index contributed by atoms with van der Waals surface area (Å²) in [6.45, 7) is 11.7. The molecule has 0 aromatic heterocycles. The molecule has 1 aromatic carbocycles. The third-order valence-electron chi connectivity index (χ3n) is 5.12. The summed E-state index contributed by atoms with van der Waals surface area (Å²) >= 11 is 0. The van der Waals surface area contributed by atoms with Crippen LogP contribution in [0.1, 0.15) is 34.6 Å². The first-order valence-corrected chi connectivity index (χ1v) is 6.71. The van der Waals surface area contributed by atoms with E-state index in [1.165, 1.54) is 5.69 Å². The van der Waals surface area contributed by atoms with Gasteiger partial charge in [0.25, 0.3) is 0 Å². The monoisotopic (exact) mass is 283 g/mol. The van der Waals surface area contributed by atoms with Crippen molar-refractivity contribution in [2.75, 3.05) is 12.4 Å². The van der Waals surface area contributed by atoms with E-state index in [-0.39, 0.29) is 12.4 Å². The first-order valence-electron chi connectivity index (χ1n) is 6.71. The summed E-state index contributed by atoms with van der Waals surface area (Å²) < 4.78 is 5.17. The van der Waals surface area contributed by atoms with Gasteiger partial charge in [0.2, 0.25) is 0 Å². The van der Waals surface area contributed by atoms with E-state index >= 15 is 0 Å². The minimum Gasteiger partial charge on any atom is -0.497 e. The molecule has 19 heavy (non-hydrogen) atoms. The lowest BCUT2D eigenvalue weighted by Gasteiger charge is -2.17. The number of halogens is 1. The van der Waals surface area contributed by atoms with Gasteiger partial charge in [-0.15, -0.1) is 12.4 Å². The fourth-order valence-electron chi connectivity index (χ4n) is 3.53. The molecule has 2 nitrogen and oxygen atoms in total. The van der Waals surface area contributed by atoms with Crippen molar-refractivity contribution in [3.63, 3.8) is 0 Å². The number of benzene rings is 1. The minimum absolute atomic E-state index is 0. The predicted molar refractivity (Wildman–Crippen MR) is 84.4 cm³/mol. The Morgan fingerprint density at radius 3 is 1.89 bits per heavy atom. The van der Waals surface area contributed by atoms with E-state index in [9.17, 15) is 0 Å². The molecule has 0 saturated heterocycles. The second-order valence-corrected chi connectivity index (χ2v) is 6.58. The van der Waals surface area contributed by atoms with E-state index in [0.717, 1.165) is 5.75 Å². The van der Waals surface area contributed by atoms with Crippen LogP contribution in [0.2, 0.25) is 0 Å². The highest BCUT2D eigenvalue weighted by molar-refractivity contribution is 5.85. The molecular formula is C16H26ClNO. The lowest BCUT2D eigenvalue weighted by molar-refractivity contribution is 0.415. The first-order chi connectivity index (χ1) is 8.30. The maximum Gasteiger partial charge on any atom is 0.119 e. The predicted octanol–water partition coefficient (Wildman–Crippen LogP) is 4.60. The fraction of sp³-hybridized carbons (Fsp3) is 0.625. The van der Waals surface area contributed by atoms with Gasteiger partial charge in [-0.3, -0.25) is 0 Å². The zero-order chi connectivity index (χ0) is 13.6. The molecule has 0 heterocycles. The Kier molecular flexibility index (Phi) is 4.46. The summed E-state index contributed by atoms with van der Waals surface area (Å²) in [6, 6.07) is 8.65. The molecule has 0 bridgehead atoms. The standard InChI is InChI=1S/C16H25NO.ClH/c1-11(14-15(2,3)16(14,4)5)17-12-7-9-13(18-6)10-8-12;/h7-11,14,17H,1-6H3;1H. The number of rotatable bonds is 4. The van der Waals surface area contributed by atoms with E-state index in [0.29, 0.717) is 22.8 Å². The topological polar surface area (TPSA) is 21.3 Å². The summed E-state index contributed by atoms with van der Waals surface area (Å²) in [5, 5.41) is 3.61. The summed E-state index contributed by atoms with van der Waals surface area (Å²) in [5.41, 5.74) is 2.01. The number of methoxy groups -OCH3 is 1. The number of ether oxygens (including phenoxy) is 1. The molecule has 1 saturated carbocycles. The molecule has 0 spiro atoms. The van der Waals surface area contributed by atoms with Gasteiger partial charge >= 0.3 is 0 Å². The summed E-state index contributed by atoms with van der Waals surface area (Å²) in [4.78, 5) is 0. The molecule has 1 aliphatic carbocycles. The molecule has 3 heteroatoms. The van der Waals surface area contributed by atoms with Crippen molar-refractivity contribution in [2.45, 2.75) is 40.7 Å². The zero-order valence-corrected chi connectivity index (χ0v) is 13.6. The van der Waals surface area contributed by atoms with E-state index < -0.39 is 0 Å². The maximum absolute atomic E-state index is 5.17. The van der Waals surface area contributed by atoms with Gasteiger partial charge in [-0.05, 0) is 47.9 Å². The quantitative estimate of drug-likeness (QED) is 0.872. The van der Waals surface area contributed by atoms with Crippen LogP contribution >= 0.6 is 12.4 Å². The molecule has 2 rings (SSSR count). The smallest absolute Gasteiger partial charge is 0.119 e. The molecule has 0 aliphatic heterocycles. The Morgan fingerprint density at radius 1 is 1.05 bits per heavy atom. The molecule has 0 radical (unpaired) electrons. The molecule has 108 valence electrons. The molecular weight excluding hydrogens is 258 g/mol. The van der Waals surface area contributed by atoms with Crippen molar-refractivity contribution in [1.29, 1.82) is 0 Å². The largest absolute Gasteiger partial charge is 0.497 e. The van der Waals surface area contributed by atoms with Crippen molar-refractivity contribution < 1.29 is 4.74 Å². The lowest BCUT2D eigenvalue weighted by atomic mass is 10.0. The van der Waals surface area contributed by atoms with Gasteiger partial charge in [0.05, 0.1) is 7.11 Å². The van der Waals surface area contributed by atoms with Gasteiger partial charge in [-0.25, -0.2) is 0 Å². The van der Waals surface area contributed by atoms with Crippen LogP contribution in [0.25, 0.3) is 0 Å². The highest BCUT2D eigenvalue weighted by atomic mass is 35.5. The summed E-state index contributed by atoms with van der Waals surface area (Å²) in [5.74, 6) is 1.62. The van der Waals surface area contributed by atoms with Gasteiger partial charge in [0.1, 0.15) is 5.75 Å². The Balaban J connectivity index is 0.00000180. The van der Waals surface area contributed by atoms with Crippen molar-refractivity contribution in [3.05, 3.63) is 24.3 Å². The van der Waals surface area contributed by atoms with Crippen LogP contribution in [0.3, 0.4) is 0 Å². The van der Waals surface area contributed by atoms with Crippen molar-refractivity contribution >= 4 is 18.1 Å². The summed E-state index contributed by atoms with van der Waals surface area (Å²) in [7, 11) is 1.69. The molecule has 1 unspecified atom stereocenters. The second-order valence-electron chi connectivity index (χ2n) is 6.58. The van der Waals surface area contributed by atoms with E-state index in [4.69, 9.17) is 4.74 Å². The Bertz CT molecular complexity index is 411. The van der Waals surface area contributed by atoms with E-state index in [1.807, 2.05) is 12.1 Å². The molecule has 1 fully saturated rings. The number of anilines is 1. The number of nitrogens with one attached hydrogen (secondary N) is 1. The Hall–Kier alpha value is -0.890. The molecule has 1 N–H and O–H groups in total. The normalized spacial score (nSPS) is 21.2. The highest BCUT2D eigenvalue weighted by Crippen LogP contribution is 2.69. The Morgan fingerprint density at radius 2 is 1.53 bits per heavy atom. The number of hydrogen-bond acceptors (Lipinski definition) is 2. The molecule has 1 aliphatic rings. The third kappa shape index (κ3) is 2.69. The Labute approximate surface area is 123 Å². The van der Waals surface area contributed by atoms with Crippen LogP contribution in [-0.2, 0) is 0 Å². The van der Waals surface area contributed by atoms with Gasteiger partial charge in [-0.2, -0.15) is 0 Å². The van der Waals surface area contributed by atoms with Crippen molar-refractivity contribution in [1.82, 2.24) is 0 Å². The maximum atomic E-state index is 5.17. The average molecular weight is 284 g/mol. The van der Waals surface area contributed by atoms with Crippen LogP contribution in [-0.4, -0.2) is 13.2 Å². The average Bonchev–Trinajstić information content (AvgIpc) is 2.70. The van der Waals surface area contributed by atoms with E-state index in [1.54, 1.807) is 7.11 Å². The van der Waals surface area contributed by atoms with Gasteiger partial charge < -0.3 is 10.1 Å². The lowest BCUT2D eigenvalue weighted by Crippen LogP contribution is -2.21. The summed E-state index contributed by atoms with van der Waals surface area (Å²) in [6.07, 6.45) is 0. The van der Waals surface area contributed by atoms with Gasteiger partial charge in [-0.1, -0.05) is 27.7 Å². The minimum atomic E-state index is 0. The van der Waals surface area contributed by atoms with Crippen LogP contribution in [0.15, 0.2) is 24.3 Å². The van der Waals surface area contributed by atoms with Crippen LogP contribution in [0.4, 0.5) is 5.69 Å². The second kappa shape index (κ2) is 5.24. The van der Waals surface area contributed by atoms with Crippen LogP contribution in [0, 0.1) is 16.7 Å².